The summed E-state index contributed by atoms with van der Waals surface area (Å²) < 4.78 is 10.5. The molecule has 1 unspecified atom stereocenters. The summed E-state index contributed by atoms with van der Waals surface area (Å²) in [7, 11) is 5.07. The Bertz CT molecular complexity index is 707. The Labute approximate surface area is 178 Å². The van der Waals surface area contributed by atoms with Gasteiger partial charge in [-0.25, -0.2) is 4.98 Å². The van der Waals surface area contributed by atoms with Crippen LogP contribution in [-0.2, 0) is 6.54 Å². The van der Waals surface area contributed by atoms with Crippen LogP contribution in [0, 0.1) is 0 Å². The molecule has 1 aromatic heterocycles. The molecule has 0 aliphatic rings. The quantitative estimate of drug-likeness (QED) is 0.341. The van der Waals surface area contributed by atoms with E-state index in [9.17, 15) is 0 Å². The third kappa shape index (κ3) is 7.24. The van der Waals surface area contributed by atoms with E-state index in [1.54, 1.807) is 27.5 Å². The molecule has 7 heteroatoms. The summed E-state index contributed by atoms with van der Waals surface area (Å²) in [5.74, 6) is 2.72. The number of nitrogens with one attached hydrogen (secondary N) is 2. The predicted octanol–water partition coefficient (Wildman–Crippen LogP) is 3.58. The molecule has 1 heterocycles. The maximum atomic E-state index is 5.27. The van der Waals surface area contributed by atoms with Crippen LogP contribution in [0.3, 0.4) is 0 Å². The average Bonchev–Trinajstić information content (AvgIpc) is 2.70. The van der Waals surface area contributed by atoms with Crippen LogP contribution >= 0.6 is 24.0 Å². The van der Waals surface area contributed by atoms with Gasteiger partial charge in [-0.15, -0.1) is 24.0 Å². The van der Waals surface area contributed by atoms with Crippen LogP contribution in [0.1, 0.15) is 30.4 Å². The molecule has 0 radical (unpaired) electrons. The van der Waals surface area contributed by atoms with Gasteiger partial charge in [0.05, 0.1) is 14.2 Å². The number of hydrogen-bond donors (Lipinski definition) is 2. The number of pyridine rings is 1. The zero-order valence-electron chi connectivity index (χ0n) is 16.4. The standard InChI is InChI=1S/C20H28N4O2.HI/c1-15(16-7-9-18(25-3)10-8-16)11-13-23-20(21-2)24-14-17-6-5-12-22-19(17)26-4;/h5-10,12,15H,11,13-14H2,1-4H3,(H2,21,23,24);1H. The van der Waals surface area contributed by atoms with Gasteiger partial charge < -0.3 is 20.1 Å². The predicted molar refractivity (Wildman–Crippen MR) is 120 cm³/mol. The molecule has 0 spiro atoms. The summed E-state index contributed by atoms with van der Waals surface area (Å²) in [5.41, 5.74) is 2.29. The molecule has 2 rings (SSSR count). The van der Waals surface area contributed by atoms with Crippen LogP contribution in [-0.4, -0.2) is 38.8 Å². The van der Waals surface area contributed by atoms with E-state index in [1.807, 2.05) is 24.3 Å². The topological polar surface area (TPSA) is 67.8 Å². The van der Waals surface area contributed by atoms with Crippen molar-refractivity contribution in [3.05, 3.63) is 53.7 Å². The third-order valence-electron chi connectivity index (χ3n) is 4.27. The van der Waals surface area contributed by atoms with Crippen molar-refractivity contribution >= 4 is 29.9 Å². The van der Waals surface area contributed by atoms with Crippen molar-refractivity contribution < 1.29 is 9.47 Å². The summed E-state index contributed by atoms with van der Waals surface area (Å²) in [5, 5.41) is 6.64. The average molecular weight is 484 g/mol. The van der Waals surface area contributed by atoms with Crippen molar-refractivity contribution in [3.63, 3.8) is 0 Å². The Morgan fingerprint density at radius 3 is 2.48 bits per heavy atom. The monoisotopic (exact) mass is 484 g/mol. The molecule has 27 heavy (non-hydrogen) atoms. The van der Waals surface area contributed by atoms with Gasteiger partial charge in [0.25, 0.3) is 0 Å². The van der Waals surface area contributed by atoms with Crippen LogP contribution in [0.25, 0.3) is 0 Å². The molecular weight excluding hydrogens is 455 g/mol. The maximum Gasteiger partial charge on any atom is 0.218 e. The first-order valence-corrected chi connectivity index (χ1v) is 8.74. The van der Waals surface area contributed by atoms with E-state index in [-0.39, 0.29) is 24.0 Å². The summed E-state index contributed by atoms with van der Waals surface area (Å²) >= 11 is 0. The first-order chi connectivity index (χ1) is 12.7. The van der Waals surface area contributed by atoms with Crippen molar-refractivity contribution in [1.29, 1.82) is 0 Å². The molecule has 0 aliphatic heterocycles. The highest BCUT2D eigenvalue weighted by Crippen LogP contribution is 2.21. The van der Waals surface area contributed by atoms with E-state index in [2.05, 4.69) is 39.7 Å². The maximum absolute atomic E-state index is 5.27. The fourth-order valence-corrected chi connectivity index (χ4v) is 2.65. The van der Waals surface area contributed by atoms with Gasteiger partial charge in [-0.1, -0.05) is 25.1 Å². The molecule has 0 amide bonds. The zero-order chi connectivity index (χ0) is 18.8. The van der Waals surface area contributed by atoms with Gasteiger partial charge in [-0.3, -0.25) is 4.99 Å². The number of halogens is 1. The van der Waals surface area contributed by atoms with Crippen LogP contribution in [0.15, 0.2) is 47.6 Å². The molecule has 0 fully saturated rings. The number of ether oxygens (including phenoxy) is 2. The minimum absolute atomic E-state index is 0. The number of rotatable bonds is 8. The fraction of sp³-hybridized carbons (Fsp3) is 0.400. The molecule has 0 saturated carbocycles. The fourth-order valence-electron chi connectivity index (χ4n) is 2.65. The molecule has 1 aromatic carbocycles. The van der Waals surface area contributed by atoms with Gasteiger partial charge in [0, 0.05) is 31.9 Å². The number of nitrogens with zero attached hydrogens (tertiary/aromatic N) is 2. The molecule has 0 bridgehead atoms. The van der Waals surface area contributed by atoms with Crippen molar-refractivity contribution in [3.8, 4) is 11.6 Å². The summed E-state index contributed by atoms with van der Waals surface area (Å²) in [6, 6.07) is 12.1. The van der Waals surface area contributed by atoms with Crippen molar-refractivity contribution in [2.24, 2.45) is 4.99 Å². The molecule has 0 saturated heterocycles. The van der Waals surface area contributed by atoms with Gasteiger partial charge >= 0.3 is 0 Å². The largest absolute Gasteiger partial charge is 0.497 e. The number of hydrogen-bond acceptors (Lipinski definition) is 4. The summed E-state index contributed by atoms with van der Waals surface area (Å²) in [6.45, 7) is 3.65. The lowest BCUT2D eigenvalue weighted by Gasteiger charge is -2.16. The highest BCUT2D eigenvalue weighted by atomic mass is 127. The van der Waals surface area contributed by atoms with E-state index in [4.69, 9.17) is 9.47 Å². The lowest BCUT2D eigenvalue weighted by atomic mass is 9.98. The lowest BCUT2D eigenvalue weighted by molar-refractivity contribution is 0.392. The van der Waals surface area contributed by atoms with E-state index in [0.717, 1.165) is 30.2 Å². The van der Waals surface area contributed by atoms with Gasteiger partial charge in [0.1, 0.15) is 5.75 Å². The Morgan fingerprint density at radius 1 is 1.11 bits per heavy atom. The van der Waals surface area contributed by atoms with Gasteiger partial charge in [0.2, 0.25) is 5.88 Å². The van der Waals surface area contributed by atoms with Crippen LogP contribution in [0.2, 0.25) is 0 Å². The molecular formula is C20H29IN4O2. The SMILES string of the molecule is CN=C(NCCC(C)c1ccc(OC)cc1)NCc1cccnc1OC.I. The number of benzene rings is 1. The molecule has 1 atom stereocenters. The van der Waals surface area contributed by atoms with Crippen LogP contribution < -0.4 is 20.1 Å². The second-order valence-electron chi connectivity index (χ2n) is 5.99. The van der Waals surface area contributed by atoms with Crippen LogP contribution in [0.5, 0.6) is 11.6 Å². The molecule has 2 aromatic rings. The van der Waals surface area contributed by atoms with Gasteiger partial charge in [-0.05, 0) is 36.1 Å². The highest BCUT2D eigenvalue weighted by Gasteiger charge is 2.07. The van der Waals surface area contributed by atoms with Gasteiger partial charge in [0.15, 0.2) is 5.96 Å². The first kappa shape index (κ1) is 23.0. The van der Waals surface area contributed by atoms with Crippen molar-refractivity contribution in [1.82, 2.24) is 15.6 Å². The smallest absolute Gasteiger partial charge is 0.218 e. The van der Waals surface area contributed by atoms with E-state index in [1.165, 1.54) is 5.56 Å². The second kappa shape index (κ2) is 12.4. The molecule has 2 N–H and O–H groups in total. The Kier molecular flexibility index (Phi) is 10.5. The minimum Gasteiger partial charge on any atom is -0.497 e. The molecule has 0 aliphatic carbocycles. The number of methoxy groups -OCH3 is 2. The Hall–Kier alpha value is -2.03. The van der Waals surface area contributed by atoms with E-state index in [0.29, 0.717) is 18.3 Å². The number of aliphatic imine (C=N–C) groups is 1. The van der Waals surface area contributed by atoms with Crippen LogP contribution in [0.4, 0.5) is 0 Å². The molecule has 148 valence electrons. The van der Waals surface area contributed by atoms with Gasteiger partial charge in [-0.2, -0.15) is 0 Å². The minimum atomic E-state index is 0. The lowest BCUT2D eigenvalue weighted by Crippen LogP contribution is -2.37. The Balaban J connectivity index is 0.00000364. The Morgan fingerprint density at radius 2 is 1.85 bits per heavy atom. The number of aromatic nitrogens is 1. The highest BCUT2D eigenvalue weighted by molar-refractivity contribution is 14.0. The van der Waals surface area contributed by atoms with E-state index >= 15 is 0 Å². The zero-order valence-corrected chi connectivity index (χ0v) is 18.7. The third-order valence-corrected chi connectivity index (χ3v) is 4.27. The van der Waals surface area contributed by atoms with E-state index < -0.39 is 0 Å². The normalized spacial score (nSPS) is 11.9. The summed E-state index contributed by atoms with van der Waals surface area (Å²) in [4.78, 5) is 8.47. The molecule has 6 nitrogen and oxygen atoms in total. The van der Waals surface area contributed by atoms with Crippen molar-refractivity contribution in [2.45, 2.75) is 25.8 Å². The second-order valence-corrected chi connectivity index (χ2v) is 5.99. The first-order valence-electron chi connectivity index (χ1n) is 8.74. The number of guanidine groups is 1. The summed E-state index contributed by atoms with van der Waals surface area (Å²) in [6.07, 6.45) is 2.72. The van der Waals surface area contributed by atoms with Crippen molar-refractivity contribution in [2.75, 3.05) is 27.8 Å².